The van der Waals surface area contributed by atoms with Gasteiger partial charge in [0.25, 0.3) is 0 Å². The Bertz CT molecular complexity index is 281. The summed E-state index contributed by atoms with van der Waals surface area (Å²) in [6.07, 6.45) is 0. The molecule has 0 aliphatic carbocycles. The molecule has 1 aromatic rings. The number of nitrogens with zero attached hydrogens (tertiary/aromatic N) is 2. The van der Waals surface area contributed by atoms with Gasteiger partial charge in [0, 0.05) is 25.0 Å². The van der Waals surface area contributed by atoms with Crippen LogP contribution in [0.1, 0.15) is 32.5 Å². The van der Waals surface area contributed by atoms with Crippen molar-refractivity contribution in [2.75, 3.05) is 18.5 Å². The lowest BCUT2D eigenvalue weighted by Gasteiger charge is -2.17. The number of anilines is 1. The summed E-state index contributed by atoms with van der Waals surface area (Å²) in [5.41, 5.74) is 6.74. The zero-order valence-corrected chi connectivity index (χ0v) is 10.1. The first-order valence-corrected chi connectivity index (χ1v) is 5.80. The third-order valence-corrected chi connectivity index (χ3v) is 2.92. The van der Waals surface area contributed by atoms with Gasteiger partial charge in [0.1, 0.15) is 0 Å². The van der Waals surface area contributed by atoms with Crippen molar-refractivity contribution in [2.24, 2.45) is 11.7 Å². The van der Waals surface area contributed by atoms with Crippen LogP contribution in [0.5, 0.6) is 0 Å². The molecule has 1 heterocycles. The first-order chi connectivity index (χ1) is 6.50. The summed E-state index contributed by atoms with van der Waals surface area (Å²) in [4.78, 5) is 6.66. The zero-order valence-electron chi connectivity index (χ0n) is 9.32. The van der Waals surface area contributed by atoms with Crippen molar-refractivity contribution in [3.05, 3.63) is 11.1 Å². The molecule has 1 atom stereocenters. The quantitative estimate of drug-likeness (QED) is 0.834. The number of nitrogens with two attached hydrogens (primary N) is 1. The van der Waals surface area contributed by atoms with Crippen LogP contribution in [0.25, 0.3) is 0 Å². The Morgan fingerprint density at radius 1 is 1.50 bits per heavy atom. The van der Waals surface area contributed by atoms with E-state index >= 15 is 0 Å². The highest BCUT2D eigenvalue weighted by Gasteiger charge is 2.10. The highest BCUT2D eigenvalue weighted by atomic mass is 32.1. The Morgan fingerprint density at radius 2 is 2.14 bits per heavy atom. The SMILES string of the molecule is CC(C)CN(C)c1nc(C(C)N)cs1. The van der Waals surface area contributed by atoms with Gasteiger partial charge in [-0.15, -0.1) is 11.3 Å². The van der Waals surface area contributed by atoms with Gasteiger partial charge in [0.2, 0.25) is 0 Å². The average Bonchev–Trinajstić information content (AvgIpc) is 2.50. The molecular weight excluding hydrogens is 194 g/mol. The summed E-state index contributed by atoms with van der Waals surface area (Å²) in [5.74, 6) is 0.655. The predicted octanol–water partition coefficient (Wildman–Crippen LogP) is 2.25. The minimum atomic E-state index is 0.0347. The summed E-state index contributed by atoms with van der Waals surface area (Å²) < 4.78 is 0. The lowest BCUT2D eigenvalue weighted by Crippen LogP contribution is -2.22. The number of hydrogen-bond acceptors (Lipinski definition) is 4. The van der Waals surface area contributed by atoms with Crippen LogP contribution in [-0.4, -0.2) is 18.6 Å². The van der Waals surface area contributed by atoms with E-state index in [0.29, 0.717) is 5.92 Å². The van der Waals surface area contributed by atoms with Crippen LogP contribution in [0.4, 0.5) is 5.13 Å². The molecule has 1 unspecified atom stereocenters. The van der Waals surface area contributed by atoms with Crippen molar-refractivity contribution < 1.29 is 0 Å². The monoisotopic (exact) mass is 213 g/mol. The molecule has 2 N–H and O–H groups in total. The van der Waals surface area contributed by atoms with Crippen LogP contribution in [-0.2, 0) is 0 Å². The summed E-state index contributed by atoms with van der Waals surface area (Å²) in [5, 5.41) is 3.10. The summed E-state index contributed by atoms with van der Waals surface area (Å²) in [6.45, 7) is 7.40. The second-order valence-corrected chi connectivity index (χ2v) is 4.95. The lowest BCUT2D eigenvalue weighted by atomic mass is 10.2. The summed E-state index contributed by atoms with van der Waals surface area (Å²) in [6, 6.07) is 0.0347. The van der Waals surface area contributed by atoms with Crippen LogP contribution in [0.15, 0.2) is 5.38 Å². The Hall–Kier alpha value is -0.610. The Balaban J connectivity index is 2.66. The molecule has 0 radical (unpaired) electrons. The Kier molecular flexibility index (Phi) is 3.89. The molecule has 0 amide bonds. The van der Waals surface area contributed by atoms with E-state index in [-0.39, 0.29) is 6.04 Å². The van der Waals surface area contributed by atoms with Gasteiger partial charge in [0.05, 0.1) is 5.69 Å². The summed E-state index contributed by atoms with van der Waals surface area (Å²) >= 11 is 1.66. The number of aromatic nitrogens is 1. The van der Waals surface area contributed by atoms with Gasteiger partial charge in [-0.3, -0.25) is 0 Å². The van der Waals surface area contributed by atoms with Crippen LogP contribution in [0.3, 0.4) is 0 Å². The molecule has 4 heteroatoms. The fraction of sp³-hybridized carbons (Fsp3) is 0.700. The molecule has 0 bridgehead atoms. The maximum atomic E-state index is 5.75. The van der Waals surface area contributed by atoms with Crippen molar-refractivity contribution in [2.45, 2.75) is 26.8 Å². The van der Waals surface area contributed by atoms with Crippen LogP contribution >= 0.6 is 11.3 Å². The van der Waals surface area contributed by atoms with Gasteiger partial charge >= 0.3 is 0 Å². The minimum absolute atomic E-state index is 0.0347. The van der Waals surface area contributed by atoms with E-state index in [9.17, 15) is 0 Å². The molecule has 0 aliphatic rings. The average molecular weight is 213 g/mol. The van der Waals surface area contributed by atoms with Crippen LogP contribution < -0.4 is 10.6 Å². The first-order valence-electron chi connectivity index (χ1n) is 4.93. The van der Waals surface area contributed by atoms with Crippen LogP contribution in [0, 0.1) is 5.92 Å². The van der Waals surface area contributed by atoms with Crippen molar-refractivity contribution in [1.29, 1.82) is 0 Å². The van der Waals surface area contributed by atoms with E-state index in [1.54, 1.807) is 11.3 Å². The largest absolute Gasteiger partial charge is 0.351 e. The van der Waals surface area contributed by atoms with Gasteiger partial charge in [-0.25, -0.2) is 4.98 Å². The Morgan fingerprint density at radius 3 is 2.57 bits per heavy atom. The fourth-order valence-corrected chi connectivity index (χ4v) is 2.19. The van der Waals surface area contributed by atoms with E-state index in [0.717, 1.165) is 17.4 Å². The molecule has 0 aromatic carbocycles. The molecule has 0 fully saturated rings. The second-order valence-electron chi connectivity index (χ2n) is 4.12. The van der Waals surface area contributed by atoms with Crippen molar-refractivity contribution in [3.8, 4) is 0 Å². The Labute approximate surface area is 89.9 Å². The molecule has 3 nitrogen and oxygen atoms in total. The minimum Gasteiger partial charge on any atom is -0.351 e. The maximum Gasteiger partial charge on any atom is 0.185 e. The molecule has 0 aliphatic heterocycles. The zero-order chi connectivity index (χ0) is 10.7. The molecule has 14 heavy (non-hydrogen) atoms. The molecular formula is C10H19N3S. The first kappa shape index (κ1) is 11.5. The lowest BCUT2D eigenvalue weighted by molar-refractivity contribution is 0.636. The fourth-order valence-electron chi connectivity index (χ4n) is 1.29. The van der Waals surface area contributed by atoms with Gasteiger partial charge in [-0.2, -0.15) is 0 Å². The topological polar surface area (TPSA) is 42.2 Å². The molecule has 1 rings (SSSR count). The van der Waals surface area contributed by atoms with E-state index < -0.39 is 0 Å². The second kappa shape index (κ2) is 4.75. The predicted molar refractivity (Wildman–Crippen MR) is 62.8 cm³/mol. The van der Waals surface area contributed by atoms with Gasteiger partial charge < -0.3 is 10.6 Å². The van der Waals surface area contributed by atoms with Gasteiger partial charge in [-0.1, -0.05) is 13.8 Å². The van der Waals surface area contributed by atoms with Crippen molar-refractivity contribution in [1.82, 2.24) is 4.98 Å². The van der Waals surface area contributed by atoms with E-state index in [2.05, 4.69) is 30.8 Å². The highest BCUT2D eigenvalue weighted by molar-refractivity contribution is 7.13. The normalized spacial score (nSPS) is 13.3. The van der Waals surface area contributed by atoms with E-state index in [1.165, 1.54) is 0 Å². The third kappa shape index (κ3) is 2.96. The number of thiazole rings is 1. The van der Waals surface area contributed by atoms with E-state index in [4.69, 9.17) is 5.73 Å². The molecule has 0 saturated carbocycles. The van der Waals surface area contributed by atoms with E-state index in [1.807, 2.05) is 12.3 Å². The molecule has 0 spiro atoms. The third-order valence-electron chi connectivity index (χ3n) is 1.94. The maximum absolute atomic E-state index is 5.75. The summed E-state index contributed by atoms with van der Waals surface area (Å²) in [7, 11) is 2.07. The van der Waals surface area contributed by atoms with Crippen LogP contribution in [0.2, 0.25) is 0 Å². The van der Waals surface area contributed by atoms with Gasteiger partial charge in [-0.05, 0) is 12.8 Å². The number of rotatable bonds is 4. The smallest absolute Gasteiger partial charge is 0.185 e. The van der Waals surface area contributed by atoms with Crippen molar-refractivity contribution in [3.63, 3.8) is 0 Å². The molecule has 0 saturated heterocycles. The molecule has 1 aromatic heterocycles. The highest BCUT2D eigenvalue weighted by Crippen LogP contribution is 2.22. The number of hydrogen-bond donors (Lipinski definition) is 1. The standard InChI is InChI=1S/C10H19N3S/c1-7(2)5-13(4)10-12-9(6-14-10)8(3)11/h6-8H,5,11H2,1-4H3. The van der Waals surface area contributed by atoms with Gasteiger partial charge in [0.15, 0.2) is 5.13 Å². The molecule has 80 valence electrons. The van der Waals surface area contributed by atoms with Crippen molar-refractivity contribution >= 4 is 16.5 Å².